The Hall–Kier alpha value is -1.28. The summed E-state index contributed by atoms with van der Waals surface area (Å²) in [6.45, 7) is 0.461. The van der Waals surface area contributed by atoms with Gasteiger partial charge in [-0.05, 0) is 19.1 Å². The van der Waals surface area contributed by atoms with E-state index in [9.17, 15) is 13.2 Å². The minimum atomic E-state index is -3.82. The highest BCUT2D eigenvalue weighted by Gasteiger charge is 2.24. The molecule has 0 unspecified atom stereocenters. The van der Waals surface area contributed by atoms with E-state index in [4.69, 9.17) is 10.2 Å². The first-order chi connectivity index (χ1) is 8.93. The van der Waals surface area contributed by atoms with Gasteiger partial charge in [0, 0.05) is 18.7 Å². The summed E-state index contributed by atoms with van der Waals surface area (Å²) in [5.74, 6) is -0.229. The Morgan fingerprint density at radius 2 is 1.79 bits per heavy atom. The topological polar surface area (TPSA) is 94.9 Å². The first-order valence-corrected chi connectivity index (χ1v) is 7.20. The van der Waals surface area contributed by atoms with Crippen LogP contribution in [0.25, 0.3) is 0 Å². The summed E-state index contributed by atoms with van der Waals surface area (Å²) < 4.78 is 25.5. The fraction of sp³-hybridized carbons (Fsp3) is 0.417. The summed E-state index contributed by atoms with van der Waals surface area (Å²) in [5, 5.41) is 17.7. The molecular formula is C12H17NO5S. The number of hydrogen-bond donors (Lipinski definition) is 2. The number of Topliss-reactive ketones (excluding diaryl/α,β-unsaturated/α-hetero) is 1. The molecule has 0 fully saturated rings. The average Bonchev–Trinajstić information content (AvgIpc) is 2.38. The number of aliphatic hydroxyl groups is 2. The summed E-state index contributed by atoms with van der Waals surface area (Å²) in [7, 11) is -3.82. The molecule has 0 radical (unpaired) electrons. The van der Waals surface area contributed by atoms with Crippen LogP contribution in [0.1, 0.15) is 17.3 Å². The van der Waals surface area contributed by atoms with Crippen molar-refractivity contribution in [2.75, 3.05) is 26.3 Å². The molecule has 7 heteroatoms. The molecule has 1 rings (SSSR count). The molecule has 0 heterocycles. The van der Waals surface area contributed by atoms with E-state index in [1.54, 1.807) is 0 Å². The zero-order valence-electron chi connectivity index (χ0n) is 10.6. The minimum Gasteiger partial charge on any atom is -0.395 e. The van der Waals surface area contributed by atoms with Gasteiger partial charge >= 0.3 is 0 Å². The van der Waals surface area contributed by atoms with Crippen LogP contribution in [0, 0.1) is 0 Å². The lowest BCUT2D eigenvalue weighted by Crippen LogP contribution is -2.35. The number of sulfonamides is 1. The molecule has 1 aromatic carbocycles. The highest BCUT2D eigenvalue weighted by Crippen LogP contribution is 2.17. The fourth-order valence-electron chi connectivity index (χ4n) is 1.60. The third-order valence-electron chi connectivity index (χ3n) is 2.58. The molecule has 106 valence electrons. The number of benzene rings is 1. The van der Waals surface area contributed by atoms with Gasteiger partial charge in [0.2, 0.25) is 10.0 Å². The summed E-state index contributed by atoms with van der Waals surface area (Å²) in [5.41, 5.74) is 0.300. The maximum absolute atomic E-state index is 12.3. The van der Waals surface area contributed by atoms with E-state index in [0.717, 1.165) is 4.31 Å². The van der Waals surface area contributed by atoms with Crippen molar-refractivity contribution in [1.82, 2.24) is 4.31 Å². The lowest BCUT2D eigenvalue weighted by atomic mass is 10.2. The molecule has 0 aromatic heterocycles. The summed E-state index contributed by atoms with van der Waals surface area (Å²) in [6.07, 6.45) is 0. The van der Waals surface area contributed by atoms with Crippen molar-refractivity contribution in [2.45, 2.75) is 11.8 Å². The maximum Gasteiger partial charge on any atom is 0.243 e. The third-order valence-corrected chi connectivity index (χ3v) is 4.47. The van der Waals surface area contributed by atoms with E-state index in [1.165, 1.54) is 31.2 Å². The van der Waals surface area contributed by atoms with Crippen LogP contribution in [0.5, 0.6) is 0 Å². The number of carbonyl (C=O) groups is 1. The maximum atomic E-state index is 12.3. The average molecular weight is 287 g/mol. The van der Waals surface area contributed by atoms with Crippen molar-refractivity contribution in [3.63, 3.8) is 0 Å². The molecule has 0 saturated carbocycles. The summed E-state index contributed by atoms with van der Waals surface area (Å²) in [4.78, 5) is 11.2. The molecule has 1 aromatic rings. The molecule has 0 saturated heterocycles. The van der Waals surface area contributed by atoms with Crippen LogP contribution in [0.15, 0.2) is 29.2 Å². The standard InChI is InChI=1S/C12H17NO5S/c1-10(16)11-3-2-4-12(9-11)19(17,18)13(5-7-14)6-8-15/h2-4,9,14-15H,5-8H2,1H3. The van der Waals surface area contributed by atoms with Crippen molar-refractivity contribution in [3.05, 3.63) is 29.8 Å². The first-order valence-electron chi connectivity index (χ1n) is 5.76. The molecule has 0 amide bonds. The van der Waals surface area contributed by atoms with Crippen LogP contribution >= 0.6 is 0 Å². The van der Waals surface area contributed by atoms with Crippen LogP contribution in [0.2, 0.25) is 0 Å². The molecule has 0 atom stereocenters. The van der Waals surface area contributed by atoms with Gasteiger partial charge in [-0.15, -0.1) is 0 Å². The number of hydrogen-bond acceptors (Lipinski definition) is 5. The minimum absolute atomic E-state index is 0.0258. The normalized spacial score (nSPS) is 11.8. The Balaban J connectivity index is 3.17. The van der Waals surface area contributed by atoms with Gasteiger partial charge in [-0.25, -0.2) is 8.42 Å². The third kappa shape index (κ3) is 3.84. The largest absolute Gasteiger partial charge is 0.395 e. The molecular weight excluding hydrogens is 270 g/mol. The second-order valence-electron chi connectivity index (χ2n) is 3.94. The first kappa shape index (κ1) is 15.8. The fourth-order valence-corrected chi connectivity index (χ4v) is 3.07. The quantitative estimate of drug-likeness (QED) is 0.681. The number of nitrogens with zero attached hydrogens (tertiary/aromatic N) is 1. The van der Waals surface area contributed by atoms with Crippen LogP contribution in [0.3, 0.4) is 0 Å². The molecule has 0 spiro atoms. The van der Waals surface area contributed by atoms with Crippen molar-refractivity contribution in [2.24, 2.45) is 0 Å². The Morgan fingerprint density at radius 3 is 2.26 bits per heavy atom. The van der Waals surface area contributed by atoms with E-state index in [1.807, 2.05) is 0 Å². The second-order valence-corrected chi connectivity index (χ2v) is 5.87. The Kier molecular flexibility index (Phi) is 5.61. The van der Waals surface area contributed by atoms with Gasteiger partial charge in [0.1, 0.15) is 0 Å². The van der Waals surface area contributed by atoms with Crippen LogP contribution in [-0.2, 0) is 10.0 Å². The van der Waals surface area contributed by atoms with Crippen molar-refractivity contribution in [3.8, 4) is 0 Å². The van der Waals surface area contributed by atoms with Crippen LogP contribution in [0.4, 0.5) is 0 Å². The lowest BCUT2D eigenvalue weighted by molar-refractivity contribution is 0.101. The van der Waals surface area contributed by atoms with Gasteiger partial charge in [0.25, 0.3) is 0 Å². The van der Waals surface area contributed by atoms with E-state index in [0.29, 0.717) is 5.56 Å². The smallest absolute Gasteiger partial charge is 0.243 e. The van der Waals surface area contributed by atoms with Gasteiger partial charge < -0.3 is 10.2 Å². The molecule has 0 aliphatic heterocycles. The van der Waals surface area contributed by atoms with Gasteiger partial charge in [-0.1, -0.05) is 12.1 Å². The Labute approximate surface area is 112 Å². The molecule has 19 heavy (non-hydrogen) atoms. The number of ketones is 1. The zero-order chi connectivity index (χ0) is 14.5. The number of aliphatic hydroxyl groups excluding tert-OH is 2. The van der Waals surface area contributed by atoms with Crippen molar-refractivity contribution < 1.29 is 23.4 Å². The molecule has 0 bridgehead atoms. The van der Waals surface area contributed by atoms with E-state index in [-0.39, 0.29) is 37.0 Å². The van der Waals surface area contributed by atoms with Gasteiger partial charge in [0.05, 0.1) is 18.1 Å². The Bertz CT molecular complexity index is 535. The summed E-state index contributed by atoms with van der Waals surface area (Å²) >= 11 is 0. The monoisotopic (exact) mass is 287 g/mol. The number of carbonyl (C=O) groups excluding carboxylic acids is 1. The van der Waals surface area contributed by atoms with Gasteiger partial charge in [-0.3, -0.25) is 4.79 Å². The predicted molar refractivity (Wildman–Crippen MR) is 69.4 cm³/mol. The van der Waals surface area contributed by atoms with Crippen molar-refractivity contribution in [1.29, 1.82) is 0 Å². The molecule has 6 nitrogen and oxygen atoms in total. The predicted octanol–water partition coefficient (Wildman–Crippen LogP) is -0.135. The van der Waals surface area contributed by atoms with Crippen LogP contribution in [-0.4, -0.2) is 55.0 Å². The van der Waals surface area contributed by atoms with E-state index >= 15 is 0 Å². The van der Waals surface area contributed by atoms with Gasteiger partial charge in [0.15, 0.2) is 5.78 Å². The van der Waals surface area contributed by atoms with E-state index in [2.05, 4.69) is 0 Å². The Morgan fingerprint density at radius 1 is 1.21 bits per heavy atom. The molecule has 0 aliphatic carbocycles. The SMILES string of the molecule is CC(=O)c1cccc(S(=O)(=O)N(CCO)CCO)c1. The van der Waals surface area contributed by atoms with Gasteiger partial charge in [-0.2, -0.15) is 4.31 Å². The van der Waals surface area contributed by atoms with E-state index < -0.39 is 10.0 Å². The zero-order valence-corrected chi connectivity index (χ0v) is 11.4. The molecule has 2 N–H and O–H groups in total. The highest BCUT2D eigenvalue weighted by molar-refractivity contribution is 7.89. The number of rotatable bonds is 7. The second kappa shape index (κ2) is 6.76. The van der Waals surface area contributed by atoms with Crippen molar-refractivity contribution >= 4 is 15.8 Å². The lowest BCUT2D eigenvalue weighted by Gasteiger charge is -2.20. The summed E-state index contributed by atoms with van der Waals surface area (Å²) in [6, 6.07) is 5.69. The highest BCUT2D eigenvalue weighted by atomic mass is 32.2. The molecule has 0 aliphatic rings. The van der Waals surface area contributed by atoms with Crippen LogP contribution < -0.4 is 0 Å².